The second kappa shape index (κ2) is 6.34. The molecule has 0 bridgehead atoms. The van der Waals surface area contributed by atoms with E-state index in [9.17, 15) is 0 Å². The van der Waals surface area contributed by atoms with Crippen molar-refractivity contribution in [3.8, 4) is 0 Å². The number of aromatic amines is 1. The van der Waals surface area contributed by atoms with Crippen molar-refractivity contribution in [1.82, 2.24) is 4.98 Å². The number of rotatable bonds is 7. The van der Waals surface area contributed by atoms with Gasteiger partial charge in [-0.25, -0.2) is 0 Å². The van der Waals surface area contributed by atoms with Gasteiger partial charge in [-0.3, -0.25) is 0 Å². The average Bonchev–Trinajstić information content (AvgIpc) is 2.86. The van der Waals surface area contributed by atoms with Crippen LogP contribution in [-0.4, -0.2) is 33.6 Å². The summed E-state index contributed by atoms with van der Waals surface area (Å²) >= 11 is 0. The fourth-order valence-corrected chi connectivity index (χ4v) is 4.70. The lowest BCUT2D eigenvalue weighted by atomic mass is 10.2. The Morgan fingerprint density at radius 2 is 1.58 bits per heavy atom. The zero-order valence-corrected chi connectivity index (χ0v) is 12.7. The molecule has 0 aliphatic carbocycles. The van der Waals surface area contributed by atoms with E-state index in [4.69, 9.17) is 13.3 Å². The summed E-state index contributed by atoms with van der Waals surface area (Å²) in [6, 6.07) is 8.22. The highest BCUT2D eigenvalue weighted by Gasteiger charge is 2.43. The number of hydrogen-bond acceptors (Lipinski definition) is 3. The third-order valence-electron chi connectivity index (χ3n) is 2.91. The van der Waals surface area contributed by atoms with Gasteiger partial charge in [-0.2, -0.15) is 0 Å². The van der Waals surface area contributed by atoms with Crippen molar-refractivity contribution in [3.05, 3.63) is 30.5 Å². The molecule has 0 radical (unpaired) electrons. The van der Waals surface area contributed by atoms with Crippen LogP contribution in [0.25, 0.3) is 10.9 Å². The molecule has 0 fully saturated rings. The smallest absolute Gasteiger partial charge is 0.370 e. The first-order chi connectivity index (χ1) is 9.25. The van der Waals surface area contributed by atoms with E-state index in [1.54, 1.807) is 0 Å². The molecular weight excluding hydrogens is 258 g/mol. The Morgan fingerprint density at radius 3 is 2.16 bits per heavy atom. The molecule has 0 saturated heterocycles. The van der Waals surface area contributed by atoms with Crippen LogP contribution >= 0.6 is 0 Å². The van der Waals surface area contributed by atoms with Gasteiger partial charge in [0.05, 0.1) is 0 Å². The van der Waals surface area contributed by atoms with Gasteiger partial charge >= 0.3 is 8.80 Å². The molecule has 0 saturated carbocycles. The molecule has 19 heavy (non-hydrogen) atoms. The number of nitrogens with one attached hydrogen (secondary N) is 1. The lowest BCUT2D eigenvalue weighted by molar-refractivity contribution is 0.0859. The van der Waals surface area contributed by atoms with Crippen molar-refractivity contribution in [3.63, 3.8) is 0 Å². The van der Waals surface area contributed by atoms with Crippen molar-refractivity contribution in [2.24, 2.45) is 0 Å². The zero-order chi connectivity index (χ0) is 13.7. The molecule has 0 atom stereocenters. The van der Waals surface area contributed by atoms with Gasteiger partial charge in [-0.15, -0.1) is 0 Å². The van der Waals surface area contributed by atoms with E-state index in [2.05, 4.69) is 11.1 Å². The summed E-state index contributed by atoms with van der Waals surface area (Å²) in [6.07, 6.45) is 1.93. The van der Waals surface area contributed by atoms with Crippen molar-refractivity contribution >= 4 is 24.9 Å². The maximum Gasteiger partial charge on any atom is 0.537 e. The summed E-state index contributed by atoms with van der Waals surface area (Å²) in [5.41, 5.74) is 1.11. The first kappa shape index (κ1) is 14.3. The van der Waals surface area contributed by atoms with Crippen LogP contribution < -0.4 is 5.19 Å². The standard InChI is InChI=1S/C14H21NO3Si/c1-4-16-19(17-5-2,18-6-3)13-7-8-14-12(11-13)9-10-15-14/h7-11,15H,4-6H2,1-3H3. The van der Waals surface area contributed by atoms with E-state index < -0.39 is 8.80 Å². The highest BCUT2D eigenvalue weighted by atomic mass is 28.4. The number of hydrogen-bond donors (Lipinski definition) is 1. The van der Waals surface area contributed by atoms with E-state index in [0.29, 0.717) is 19.8 Å². The Morgan fingerprint density at radius 1 is 0.947 bits per heavy atom. The van der Waals surface area contributed by atoms with Crippen LogP contribution in [0.1, 0.15) is 20.8 Å². The normalized spacial score (nSPS) is 12.2. The minimum atomic E-state index is -2.78. The zero-order valence-electron chi connectivity index (χ0n) is 11.7. The first-order valence-corrected chi connectivity index (χ1v) is 8.47. The molecule has 104 valence electrons. The minimum absolute atomic E-state index is 0.581. The fraction of sp³-hybridized carbons (Fsp3) is 0.429. The van der Waals surface area contributed by atoms with Crippen molar-refractivity contribution in [2.45, 2.75) is 20.8 Å². The number of aromatic nitrogens is 1. The fourth-order valence-electron chi connectivity index (χ4n) is 2.19. The molecule has 5 heteroatoms. The summed E-state index contributed by atoms with van der Waals surface area (Å²) in [5.74, 6) is 0. The summed E-state index contributed by atoms with van der Waals surface area (Å²) < 4.78 is 17.7. The Bertz CT molecular complexity index is 509. The van der Waals surface area contributed by atoms with Crippen LogP contribution in [0.5, 0.6) is 0 Å². The molecule has 1 heterocycles. The van der Waals surface area contributed by atoms with Crippen molar-refractivity contribution < 1.29 is 13.3 Å². The molecule has 1 aromatic carbocycles. The quantitative estimate of drug-likeness (QED) is 0.792. The maximum absolute atomic E-state index is 5.91. The van der Waals surface area contributed by atoms with Crippen LogP contribution in [0.2, 0.25) is 0 Å². The molecule has 0 spiro atoms. The molecule has 0 unspecified atom stereocenters. The predicted molar refractivity (Wildman–Crippen MR) is 78.6 cm³/mol. The van der Waals surface area contributed by atoms with Gasteiger partial charge in [0, 0.05) is 36.7 Å². The van der Waals surface area contributed by atoms with Gasteiger partial charge < -0.3 is 18.3 Å². The van der Waals surface area contributed by atoms with Gasteiger partial charge in [-0.1, -0.05) is 6.07 Å². The molecule has 0 aliphatic heterocycles. The number of fused-ring (bicyclic) bond motifs is 1. The van der Waals surface area contributed by atoms with E-state index in [1.165, 1.54) is 0 Å². The highest BCUT2D eigenvalue weighted by molar-refractivity contribution is 6.75. The Hall–Kier alpha value is -1.14. The molecule has 1 N–H and O–H groups in total. The summed E-state index contributed by atoms with van der Waals surface area (Å²) in [6.45, 7) is 7.64. The topological polar surface area (TPSA) is 43.5 Å². The average molecular weight is 279 g/mol. The molecule has 1 aromatic heterocycles. The molecular formula is C14H21NO3Si. The lowest BCUT2D eigenvalue weighted by Crippen LogP contribution is -2.56. The Kier molecular flexibility index (Phi) is 4.76. The van der Waals surface area contributed by atoms with Crippen molar-refractivity contribution in [2.75, 3.05) is 19.8 Å². The minimum Gasteiger partial charge on any atom is -0.370 e. The number of benzene rings is 1. The van der Waals surface area contributed by atoms with E-state index >= 15 is 0 Å². The van der Waals surface area contributed by atoms with Gasteiger partial charge in [0.15, 0.2) is 0 Å². The van der Waals surface area contributed by atoms with Crippen LogP contribution in [-0.2, 0) is 13.3 Å². The van der Waals surface area contributed by atoms with Crippen molar-refractivity contribution in [1.29, 1.82) is 0 Å². The van der Waals surface area contributed by atoms with Gasteiger partial charge in [-0.05, 0) is 44.4 Å². The van der Waals surface area contributed by atoms with Crippen LogP contribution in [0.3, 0.4) is 0 Å². The molecule has 0 amide bonds. The first-order valence-electron chi connectivity index (χ1n) is 6.75. The SMILES string of the molecule is CCO[Si](OCC)(OCC)c1ccc2[nH]ccc2c1. The summed E-state index contributed by atoms with van der Waals surface area (Å²) in [7, 11) is -2.78. The maximum atomic E-state index is 5.91. The summed E-state index contributed by atoms with van der Waals surface area (Å²) in [4.78, 5) is 3.19. The van der Waals surface area contributed by atoms with Gasteiger partial charge in [0.1, 0.15) is 0 Å². The lowest BCUT2D eigenvalue weighted by Gasteiger charge is -2.28. The van der Waals surface area contributed by atoms with E-state index in [1.807, 2.05) is 45.2 Å². The number of H-pyrrole nitrogens is 1. The molecule has 4 nitrogen and oxygen atoms in total. The van der Waals surface area contributed by atoms with E-state index in [-0.39, 0.29) is 0 Å². The second-order valence-electron chi connectivity index (χ2n) is 4.13. The Labute approximate surface area is 115 Å². The van der Waals surface area contributed by atoms with E-state index in [0.717, 1.165) is 16.1 Å². The molecule has 0 aliphatic rings. The third-order valence-corrected chi connectivity index (χ3v) is 5.93. The summed E-state index contributed by atoms with van der Waals surface area (Å²) in [5, 5.41) is 2.17. The van der Waals surface area contributed by atoms with Crippen LogP contribution in [0.15, 0.2) is 30.5 Å². The highest BCUT2D eigenvalue weighted by Crippen LogP contribution is 2.16. The third kappa shape index (κ3) is 2.89. The largest absolute Gasteiger partial charge is 0.537 e. The van der Waals surface area contributed by atoms with Crippen LogP contribution in [0.4, 0.5) is 0 Å². The van der Waals surface area contributed by atoms with Crippen LogP contribution in [0, 0.1) is 0 Å². The Balaban J connectivity index is 2.44. The monoisotopic (exact) mass is 279 g/mol. The predicted octanol–water partition coefficient (Wildman–Crippen LogP) is 2.42. The van der Waals surface area contributed by atoms with Gasteiger partial charge in [0.2, 0.25) is 0 Å². The molecule has 2 aromatic rings. The molecule has 2 rings (SSSR count). The second-order valence-corrected chi connectivity index (χ2v) is 6.69. The van der Waals surface area contributed by atoms with Gasteiger partial charge in [0.25, 0.3) is 0 Å².